The van der Waals surface area contributed by atoms with Gasteiger partial charge in [0.05, 0.1) is 6.54 Å². The van der Waals surface area contributed by atoms with E-state index in [2.05, 4.69) is 24.1 Å². The first-order chi connectivity index (χ1) is 6.66. The molecule has 0 heterocycles. The normalized spacial score (nSPS) is 18.4. The lowest BCUT2D eigenvalue weighted by molar-refractivity contribution is -0.121. The Morgan fingerprint density at radius 3 is 2.79 bits per heavy atom. The molecule has 1 saturated carbocycles. The van der Waals surface area contributed by atoms with Gasteiger partial charge in [-0.15, -0.1) is 6.58 Å². The van der Waals surface area contributed by atoms with Crippen molar-refractivity contribution in [3.63, 3.8) is 0 Å². The van der Waals surface area contributed by atoms with Crippen molar-refractivity contribution in [2.45, 2.75) is 26.2 Å². The Hall–Kier alpha value is -0.830. The van der Waals surface area contributed by atoms with E-state index >= 15 is 0 Å². The van der Waals surface area contributed by atoms with Crippen LogP contribution in [-0.2, 0) is 4.79 Å². The van der Waals surface area contributed by atoms with Crippen LogP contribution in [0.5, 0.6) is 0 Å². The van der Waals surface area contributed by atoms with Crippen molar-refractivity contribution in [2.24, 2.45) is 5.41 Å². The lowest BCUT2D eigenvalue weighted by atomic mass is 9.70. The van der Waals surface area contributed by atoms with Gasteiger partial charge in [-0.2, -0.15) is 0 Å². The molecule has 0 atom stereocenters. The van der Waals surface area contributed by atoms with E-state index in [1.165, 1.54) is 19.3 Å². The minimum atomic E-state index is 0.0833. The molecule has 0 spiro atoms. The maximum Gasteiger partial charge on any atom is 0.233 e. The first-order valence-corrected chi connectivity index (χ1v) is 5.25. The van der Waals surface area contributed by atoms with E-state index in [0.717, 1.165) is 6.54 Å². The molecule has 0 aromatic carbocycles. The number of hydrogen-bond acceptors (Lipinski definition) is 2. The molecule has 0 unspecified atom stereocenters. The molecule has 1 aliphatic carbocycles. The second-order valence-electron chi connectivity index (χ2n) is 4.36. The molecule has 3 heteroatoms. The van der Waals surface area contributed by atoms with Crippen LogP contribution in [0.2, 0.25) is 0 Å². The zero-order valence-electron chi connectivity index (χ0n) is 8.94. The topological polar surface area (TPSA) is 41.1 Å². The summed E-state index contributed by atoms with van der Waals surface area (Å²) < 4.78 is 0. The molecule has 0 radical (unpaired) electrons. The highest BCUT2D eigenvalue weighted by Crippen LogP contribution is 2.39. The third-order valence-electron chi connectivity index (χ3n) is 2.85. The number of nitrogens with one attached hydrogen (secondary N) is 2. The van der Waals surface area contributed by atoms with E-state index in [4.69, 9.17) is 0 Å². The summed E-state index contributed by atoms with van der Waals surface area (Å²) in [5.74, 6) is 0.0833. The molecular weight excluding hydrogens is 176 g/mol. The smallest absolute Gasteiger partial charge is 0.233 e. The average molecular weight is 196 g/mol. The molecule has 3 nitrogen and oxygen atoms in total. The summed E-state index contributed by atoms with van der Waals surface area (Å²) in [5, 5.41) is 5.93. The van der Waals surface area contributed by atoms with Crippen LogP contribution in [0, 0.1) is 5.41 Å². The third-order valence-corrected chi connectivity index (χ3v) is 2.85. The van der Waals surface area contributed by atoms with E-state index in [1.807, 2.05) is 0 Å². The average Bonchev–Trinajstić information content (AvgIpc) is 2.12. The summed E-state index contributed by atoms with van der Waals surface area (Å²) in [6.45, 7) is 7.70. The van der Waals surface area contributed by atoms with E-state index in [-0.39, 0.29) is 5.91 Å². The molecule has 0 aromatic heterocycles. The van der Waals surface area contributed by atoms with Crippen molar-refractivity contribution in [1.29, 1.82) is 0 Å². The molecule has 14 heavy (non-hydrogen) atoms. The van der Waals surface area contributed by atoms with Crippen molar-refractivity contribution >= 4 is 5.91 Å². The number of hydrogen-bond donors (Lipinski definition) is 2. The molecule has 1 amide bonds. The first kappa shape index (κ1) is 11.2. The van der Waals surface area contributed by atoms with E-state index in [0.29, 0.717) is 18.5 Å². The highest BCUT2D eigenvalue weighted by Gasteiger charge is 2.31. The minimum Gasteiger partial charge on any atom is -0.354 e. The zero-order chi connectivity index (χ0) is 10.4. The predicted molar refractivity (Wildman–Crippen MR) is 58.0 cm³/mol. The molecular formula is C11H20N2O. The van der Waals surface area contributed by atoms with Gasteiger partial charge in [0.15, 0.2) is 0 Å². The quantitative estimate of drug-likeness (QED) is 0.493. The van der Waals surface area contributed by atoms with Crippen molar-refractivity contribution in [2.75, 3.05) is 19.6 Å². The molecule has 0 saturated heterocycles. The molecule has 1 rings (SSSR count). The van der Waals surface area contributed by atoms with Crippen LogP contribution in [-0.4, -0.2) is 25.5 Å². The zero-order valence-corrected chi connectivity index (χ0v) is 8.94. The maximum absolute atomic E-state index is 11.3. The van der Waals surface area contributed by atoms with Crippen LogP contribution in [0.1, 0.15) is 26.2 Å². The second-order valence-corrected chi connectivity index (χ2v) is 4.36. The Bertz CT molecular complexity index is 209. The number of amides is 1. The summed E-state index contributed by atoms with van der Waals surface area (Å²) >= 11 is 0. The second kappa shape index (κ2) is 5.15. The van der Waals surface area contributed by atoms with Gasteiger partial charge in [-0.05, 0) is 18.3 Å². The number of carbonyl (C=O) groups excluding carboxylic acids is 1. The van der Waals surface area contributed by atoms with E-state index in [9.17, 15) is 4.79 Å². The standard InChI is InChI=1S/C11H20N2O/c1-3-7-12-8-10(14)13-9-11(2)5-4-6-11/h3,12H,1,4-9H2,2H3,(H,13,14). The van der Waals surface area contributed by atoms with Crippen molar-refractivity contribution < 1.29 is 4.79 Å². The summed E-state index contributed by atoms with van der Waals surface area (Å²) in [7, 11) is 0. The van der Waals surface area contributed by atoms with Gasteiger partial charge in [-0.3, -0.25) is 4.79 Å². The van der Waals surface area contributed by atoms with Gasteiger partial charge >= 0.3 is 0 Å². The molecule has 1 aliphatic rings. The Kier molecular flexibility index (Phi) is 4.14. The van der Waals surface area contributed by atoms with Crippen molar-refractivity contribution in [3.05, 3.63) is 12.7 Å². The summed E-state index contributed by atoms with van der Waals surface area (Å²) in [6, 6.07) is 0. The maximum atomic E-state index is 11.3. The van der Waals surface area contributed by atoms with Gasteiger partial charge in [0.25, 0.3) is 0 Å². The SMILES string of the molecule is C=CCNCC(=O)NCC1(C)CCC1. The molecule has 2 N–H and O–H groups in total. The van der Waals surface area contributed by atoms with E-state index < -0.39 is 0 Å². The molecule has 0 aliphatic heterocycles. The van der Waals surface area contributed by atoms with Crippen molar-refractivity contribution in [3.8, 4) is 0 Å². The monoisotopic (exact) mass is 196 g/mol. The van der Waals surface area contributed by atoms with Gasteiger partial charge in [0.1, 0.15) is 0 Å². The fourth-order valence-electron chi connectivity index (χ4n) is 1.62. The number of carbonyl (C=O) groups is 1. The van der Waals surface area contributed by atoms with E-state index in [1.54, 1.807) is 6.08 Å². The van der Waals surface area contributed by atoms with Crippen LogP contribution >= 0.6 is 0 Å². The van der Waals surface area contributed by atoms with Gasteiger partial charge in [0.2, 0.25) is 5.91 Å². The summed E-state index contributed by atoms with van der Waals surface area (Å²) in [4.78, 5) is 11.3. The Balaban J connectivity index is 2.05. The van der Waals surface area contributed by atoms with Crippen LogP contribution < -0.4 is 10.6 Å². The lowest BCUT2D eigenvalue weighted by Gasteiger charge is -2.38. The first-order valence-electron chi connectivity index (χ1n) is 5.25. The molecule has 1 fully saturated rings. The van der Waals surface area contributed by atoms with Crippen LogP contribution in [0.25, 0.3) is 0 Å². The Labute approximate surface area is 86.0 Å². The van der Waals surface area contributed by atoms with Gasteiger partial charge in [-0.1, -0.05) is 19.4 Å². The summed E-state index contributed by atoms with van der Waals surface area (Å²) in [5.41, 5.74) is 0.369. The highest BCUT2D eigenvalue weighted by molar-refractivity contribution is 5.78. The molecule has 80 valence electrons. The minimum absolute atomic E-state index is 0.0833. The van der Waals surface area contributed by atoms with Gasteiger partial charge < -0.3 is 10.6 Å². The Morgan fingerprint density at radius 2 is 2.29 bits per heavy atom. The largest absolute Gasteiger partial charge is 0.354 e. The lowest BCUT2D eigenvalue weighted by Crippen LogP contribution is -2.43. The fraction of sp³-hybridized carbons (Fsp3) is 0.727. The van der Waals surface area contributed by atoms with Crippen LogP contribution in [0.15, 0.2) is 12.7 Å². The highest BCUT2D eigenvalue weighted by atomic mass is 16.1. The van der Waals surface area contributed by atoms with Gasteiger partial charge in [0, 0.05) is 13.1 Å². The molecule has 0 aromatic rings. The predicted octanol–water partition coefficient (Wildman–Crippen LogP) is 1.07. The fourth-order valence-corrected chi connectivity index (χ4v) is 1.62. The van der Waals surface area contributed by atoms with Crippen LogP contribution in [0.3, 0.4) is 0 Å². The van der Waals surface area contributed by atoms with Crippen molar-refractivity contribution in [1.82, 2.24) is 10.6 Å². The Morgan fingerprint density at radius 1 is 1.57 bits per heavy atom. The summed E-state index contributed by atoms with van der Waals surface area (Å²) in [6.07, 6.45) is 5.54. The van der Waals surface area contributed by atoms with Gasteiger partial charge in [-0.25, -0.2) is 0 Å². The number of rotatable bonds is 6. The molecule has 0 bridgehead atoms. The van der Waals surface area contributed by atoms with Crippen LogP contribution in [0.4, 0.5) is 0 Å². The third kappa shape index (κ3) is 3.50.